The summed E-state index contributed by atoms with van der Waals surface area (Å²) in [5.74, 6) is 0.264. The number of hydrogen-bond acceptors (Lipinski definition) is 5. The number of carbonyl (C=O) groups excluding carboxylic acids is 1. The Morgan fingerprint density at radius 1 is 0.938 bits per heavy atom. The number of nitrogens with zero attached hydrogens (tertiary/aromatic N) is 4. The van der Waals surface area contributed by atoms with Crippen molar-refractivity contribution in [3.63, 3.8) is 0 Å². The molecule has 1 amide bonds. The number of carbonyl (C=O) groups is 1. The molecule has 0 aliphatic carbocycles. The Bertz CT molecular complexity index is 1510. The molecule has 0 fully saturated rings. The first kappa shape index (κ1) is 20.3. The highest BCUT2D eigenvalue weighted by Crippen LogP contribution is 2.24. The lowest BCUT2D eigenvalue weighted by molar-refractivity contribution is -0.113. The van der Waals surface area contributed by atoms with Crippen LogP contribution in [0.25, 0.3) is 22.4 Å². The van der Waals surface area contributed by atoms with Gasteiger partial charge in [0, 0.05) is 0 Å². The highest BCUT2D eigenvalue weighted by Gasteiger charge is 2.18. The van der Waals surface area contributed by atoms with E-state index in [0.29, 0.717) is 38.2 Å². The zero-order chi connectivity index (χ0) is 22.1. The van der Waals surface area contributed by atoms with Crippen molar-refractivity contribution in [1.29, 1.82) is 0 Å². The molecule has 0 unspecified atom stereocenters. The lowest BCUT2D eigenvalue weighted by atomic mass is 10.2. The Kier molecular flexibility index (Phi) is 5.38. The van der Waals surface area contributed by atoms with Crippen molar-refractivity contribution in [2.75, 3.05) is 11.1 Å². The highest BCUT2D eigenvalue weighted by molar-refractivity contribution is 7.99. The summed E-state index contributed by atoms with van der Waals surface area (Å²) in [6, 6.07) is 23.6. The lowest BCUT2D eigenvalue weighted by Crippen LogP contribution is -2.21. The van der Waals surface area contributed by atoms with Gasteiger partial charge in [-0.15, -0.1) is 10.2 Å². The molecular weight excluding hydrogens is 446 g/mol. The first-order valence-corrected chi connectivity index (χ1v) is 11.1. The zero-order valence-electron chi connectivity index (χ0n) is 16.6. The van der Waals surface area contributed by atoms with Crippen LogP contribution >= 0.6 is 23.4 Å². The van der Waals surface area contributed by atoms with Gasteiger partial charge < -0.3 is 5.32 Å². The lowest BCUT2D eigenvalue weighted by Gasteiger charge is -2.11. The quantitative estimate of drug-likeness (QED) is 0.392. The average molecular weight is 462 g/mol. The fourth-order valence-electron chi connectivity index (χ4n) is 3.46. The van der Waals surface area contributed by atoms with Crippen LogP contribution in [0.15, 0.2) is 88.8 Å². The topological polar surface area (TPSA) is 81.3 Å². The van der Waals surface area contributed by atoms with Crippen LogP contribution in [0.3, 0.4) is 0 Å². The number of thioether (sulfide) groups is 1. The molecule has 0 saturated carbocycles. The van der Waals surface area contributed by atoms with Crippen molar-refractivity contribution in [3.8, 4) is 5.69 Å². The molecule has 2 heterocycles. The third kappa shape index (κ3) is 3.63. The van der Waals surface area contributed by atoms with Crippen LogP contribution in [0.1, 0.15) is 0 Å². The number of rotatable bonds is 5. The SMILES string of the molecule is O=C(CSc1nnc2n(-c3ccccc3)c(=O)c3ccccc3n12)Nc1ccccc1Cl. The van der Waals surface area contributed by atoms with Crippen LogP contribution in [0.4, 0.5) is 5.69 Å². The molecule has 3 aromatic carbocycles. The third-order valence-corrected chi connectivity index (χ3v) is 6.15. The van der Waals surface area contributed by atoms with E-state index in [1.807, 2.05) is 48.5 Å². The van der Waals surface area contributed by atoms with Crippen LogP contribution in [-0.2, 0) is 4.79 Å². The molecule has 5 aromatic rings. The second-order valence-corrected chi connectivity index (χ2v) is 8.28. The summed E-state index contributed by atoms with van der Waals surface area (Å²) in [4.78, 5) is 25.8. The first-order valence-electron chi connectivity index (χ1n) is 9.75. The van der Waals surface area contributed by atoms with Crippen molar-refractivity contribution < 1.29 is 4.79 Å². The van der Waals surface area contributed by atoms with Gasteiger partial charge in [0.15, 0.2) is 5.16 Å². The van der Waals surface area contributed by atoms with Gasteiger partial charge in [-0.2, -0.15) is 0 Å². The zero-order valence-corrected chi connectivity index (χ0v) is 18.2. The van der Waals surface area contributed by atoms with Crippen molar-refractivity contribution in [3.05, 3.63) is 94.2 Å². The molecule has 158 valence electrons. The third-order valence-electron chi connectivity index (χ3n) is 4.89. The van der Waals surface area contributed by atoms with E-state index in [0.717, 1.165) is 0 Å². The number of benzene rings is 3. The molecule has 32 heavy (non-hydrogen) atoms. The van der Waals surface area contributed by atoms with Gasteiger partial charge in [0.05, 0.1) is 33.1 Å². The molecule has 0 bridgehead atoms. The summed E-state index contributed by atoms with van der Waals surface area (Å²) in [6.45, 7) is 0. The molecule has 9 heteroatoms. The molecule has 0 aliphatic heterocycles. The number of nitrogens with one attached hydrogen (secondary N) is 1. The summed E-state index contributed by atoms with van der Waals surface area (Å²) < 4.78 is 3.33. The number of hydrogen-bond donors (Lipinski definition) is 1. The molecule has 5 rings (SSSR count). The number of anilines is 1. The average Bonchev–Trinajstić information content (AvgIpc) is 3.24. The number of halogens is 1. The maximum atomic E-state index is 13.3. The van der Waals surface area contributed by atoms with Crippen molar-refractivity contribution in [2.45, 2.75) is 5.16 Å². The fourth-order valence-corrected chi connectivity index (χ4v) is 4.38. The highest BCUT2D eigenvalue weighted by atomic mass is 35.5. The van der Waals surface area contributed by atoms with Gasteiger partial charge in [0.2, 0.25) is 11.7 Å². The summed E-state index contributed by atoms with van der Waals surface area (Å²) in [7, 11) is 0. The Morgan fingerprint density at radius 2 is 1.66 bits per heavy atom. The smallest absolute Gasteiger partial charge is 0.267 e. The maximum Gasteiger partial charge on any atom is 0.267 e. The minimum atomic E-state index is -0.222. The molecule has 7 nitrogen and oxygen atoms in total. The van der Waals surface area contributed by atoms with Gasteiger partial charge in [-0.3, -0.25) is 14.0 Å². The van der Waals surface area contributed by atoms with Crippen molar-refractivity contribution in [1.82, 2.24) is 19.2 Å². The van der Waals surface area contributed by atoms with Crippen LogP contribution in [0.2, 0.25) is 5.02 Å². The predicted octanol–water partition coefficient (Wildman–Crippen LogP) is 4.42. The minimum Gasteiger partial charge on any atom is -0.324 e. The van der Waals surface area contributed by atoms with E-state index >= 15 is 0 Å². The molecule has 0 saturated heterocycles. The van der Waals surface area contributed by atoms with E-state index < -0.39 is 0 Å². The van der Waals surface area contributed by atoms with E-state index in [2.05, 4.69) is 15.5 Å². The number of aromatic nitrogens is 4. The van der Waals surface area contributed by atoms with Crippen LogP contribution < -0.4 is 10.9 Å². The normalized spacial score (nSPS) is 11.2. The second kappa shape index (κ2) is 8.49. The monoisotopic (exact) mass is 461 g/mol. The van der Waals surface area contributed by atoms with Crippen LogP contribution in [0, 0.1) is 0 Å². The van der Waals surface area contributed by atoms with E-state index in [4.69, 9.17) is 11.6 Å². The standard InChI is InChI=1S/C23H16ClN5O2S/c24-17-11-5-6-12-18(17)25-20(30)14-32-23-27-26-22-28(15-8-2-1-3-9-15)21(31)16-10-4-7-13-19(16)29(22)23/h1-13H,14H2,(H,25,30). The fraction of sp³-hybridized carbons (Fsp3) is 0.0435. The summed E-state index contributed by atoms with van der Waals surface area (Å²) >= 11 is 7.35. The van der Waals surface area contributed by atoms with Gasteiger partial charge in [-0.1, -0.05) is 65.8 Å². The molecule has 0 atom stereocenters. The number of fused-ring (bicyclic) bond motifs is 3. The largest absolute Gasteiger partial charge is 0.324 e. The number of para-hydroxylation sites is 3. The Hall–Kier alpha value is -3.62. The molecule has 0 spiro atoms. The van der Waals surface area contributed by atoms with E-state index in [1.165, 1.54) is 16.3 Å². The molecular formula is C23H16ClN5O2S. The Labute approximate surface area is 191 Å². The Morgan fingerprint density at radius 3 is 2.47 bits per heavy atom. The van der Waals surface area contributed by atoms with Crippen molar-refractivity contribution in [2.24, 2.45) is 0 Å². The van der Waals surface area contributed by atoms with E-state index in [-0.39, 0.29) is 17.2 Å². The van der Waals surface area contributed by atoms with Gasteiger partial charge in [-0.25, -0.2) is 4.57 Å². The van der Waals surface area contributed by atoms with Gasteiger partial charge in [0.1, 0.15) is 0 Å². The predicted molar refractivity (Wildman–Crippen MR) is 127 cm³/mol. The Balaban J connectivity index is 1.55. The van der Waals surface area contributed by atoms with Crippen LogP contribution in [-0.4, -0.2) is 30.8 Å². The second-order valence-electron chi connectivity index (χ2n) is 6.93. The number of amides is 1. The van der Waals surface area contributed by atoms with Gasteiger partial charge in [-0.05, 0) is 36.4 Å². The molecule has 1 N–H and O–H groups in total. The van der Waals surface area contributed by atoms with Gasteiger partial charge >= 0.3 is 0 Å². The van der Waals surface area contributed by atoms with E-state index in [9.17, 15) is 9.59 Å². The minimum absolute atomic E-state index is 0.102. The summed E-state index contributed by atoms with van der Waals surface area (Å²) in [5.41, 5.74) is 1.74. The first-order chi connectivity index (χ1) is 15.6. The van der Waals surface area contributed by atoms with Gasteiger partial charge in [0.25, 0.3) is 5.56 Å². The summed E-state index contributed by atoms with van der Waals surface area (Å²) in [6.07, 6.45) is 0. The molecule has 0 radical (unpaired) electrons. The van der Waals surface area contributed by atoms with Crippen LogP contribution in [0.5, 0.6) is 0 Å². The maximum absolute atomic E-state index is 13.3. The van der Waals surface area contributed by atoms with Crippen molar-refractivity contribution >= 4 is 51.6 Å². The van der Waals surface area contributed by atoms with E-state index in [1.54, 1.807) is 34.7 Å². The summed E-state index contributed by atoms with van der Waals surface area (Å²) in [5, 5.41) is 12.9. The molecule has 2 aromatic heterocycles. The molecule has 0 aliphatic rings.